The van der Waals surface area contributed by atoms with Gasteiger partial charge in [-0.2, -0.15) is 0 Å². The van der Waals surface area contributed by atoms with Crippen LogP contribution in [0.5, 0.6) is 0 Å². The molecular weight excluding hydrogens is 492 g/mol. The quantitative estimate of drug-likeness (QED) is 0.306. The van der Waals surface area contributed by atoms with E-state index in [0.717, 1.165) is 35.2 Å². The lowest BCUT2D eigenvalue weighted by atomic mass is 10.0. The minimum absolute atomic E-state index is 0.0820. The molecular formula is C31H26N4O2S. The van der Waals surface area contributed by atoms with Gasteiger partial charge in [0.25, 0.3) is 11.8 Å². The molecule has 1 unspecified atom stereocenters. The molecule has 1 aliphatic heterocycles. The van der Waals surface area contributed by atoms with Crippen molar-refractivity contribution >= 4 is 39.7 Å². The lowest BCUT2D eigenvalue weighted by molar-refractivity contribution is 0.0600. The minimum atomic E-state index is -0.0861. The highest BCUT2D eigenvalue weighted by Crippen LogP contribution is 2.47. The van der Waals surface area contributed by atoms with Crippen LogP contribution in [0.25, 0.3) is 22.0 Å². The van der Waals surface area contributed by atoms with Gasteiger partial charge in [-0.05, 0) is 70.1 Å². The van der Waals surface area contributed by atoms with Crippen molar-refractivity contribution in [1.82, 2.24) is 14.8 Å². The fourth-order valence-corrected chi connectivity index (χ4v) is 6.43. The van der Waals surface area contributed by atoms with Crippen molar-refractivity contribution in [2.75, 3.05) is 31.5 Å². The fraction of sp³-hybridized carbons (Fsp3) is 0.161. The Morgan fingerprint density at radius 3 is 2.53 bits per heavy atom. The number of rotatable bonds is 4. The van der Waals surface area contributed by atoms with Crippen LogP contribution in [-0.2, 0) is 0 Å². The van der Waals surface area contributed by atoms with Crippen molar-refractivity contribution in [2.24, 2.45) is 0 Å². The van der Waals surface area contributed by atoms with Gasteiger partial charge in [0.2, 0.25) is 0 Å². The van der Waals surface area contributed by atoms with Crippen molar-refractivity contribution in [1.29, 1.82) is 0 Å². The Hall–Kier alpha value is -4.20. The molecule has 3 heterocycles. The largest absolute Gasteiger partial charge is 0.361 e. The van der Waals surface area contributed by atoms with E-state index in [-0.39, 0.29) is 17.9 Å². The van der Waals surface area contributed by atoms with E-state index in [1.165, 1.54) is 33.6 Å². The maximum atomic E-state index is 13.3. The predicted molar refractivity (Wildman–Crippen MR) is 152 cm³/mol. The first kappa shape index (κ1) is 23.0. The van der Waals surface area contributed by atoms with Crippen LogP contribution in [0.15, 0.2) is 90.4 Å². The zero-order valence-electron chi connectivity index (χ0n) is 20.7. The van der Waals surface area contributed by atoms with Crippen LogP contribution in [0.4, 0.5) is 5.69 Å². The number of aromatic nitrogens is 1. The highest BCUT2D eigenvalue weighted by molar-refractivity contribution is 7.12. The second-order valence-corrected chi connectivity index (χ2v) is 10.8. The van der Waals surface area contributed by atoms with Gasteiger partial charge in [0, 0.05) is 54.5 Å². The Balaban J connectivity index is 1.13. The van der Waals surface area contributed by atoms with Gasteiger partial charge in [-0.3, -0.25) is 14.5 Å². The molecule has 7 rings (SSSR count). The first-order chi connectivity index (χ1) is 18.7. The maximum Gasteiger partial charge on any atom is 0.265 e. The summed E-state index contributed by atoms with van der Waals surface area (Å²) >= 11 is 1.44. The first-order valence-corrected chi connectivity index (χ1v) is 13.7. The van der Waals surface area contributed by atoms with E-state index in [9.17, 15) is 9.59 Å². The van der Waals surface area contributed by atoms with Crippen molar-refractivity contribution in [3.8, 4) is 11.1 Å². The van der Waals surface area contributed by atoms with Crippen molar-refractivity contribution in [2.45, 2.75) is 6.04 Å². The van der Waals surface area contributed by atoms with E-state index < -0.39 is 0 Å². The van der Waals surface area contributed by atoms with Gasteiger partial charge >= 0.3 is 0 Å². The number of hydrogen-bond acceptors (Lipinski definition) is 4. The topological polar surface area (TPSA) is 68.4 Å². The second kappa shape index (κ2) is 9.28. The number of carbonyl (C=O) groups is 2. The van der Waals surface area contributed by atoms with Gasteiger partial charge in [-0.1, -0.05) is 36.4 Å². The standard InChI is InChI=1S/C31H26N4O2S/c36-30(28-6-3-17-38-28)33-22-8-9-24-23-4-1-2-5-25(23)29(26(24)19-22)34-13-15-35(16-14-34)31(37)21-7-10-27-20(18-21)11-12-32-27/h1-12,17-19,29,32H,13-16H2,(H,33,36). The van der Waals surface area contributed by atoms with E-state index in [1.54, 1.807) is 0 Å². The number of H-pyrrole nitrogens is 1. The summed E-state index contributed by atoms with van der Waals surface area (Å²) in [5, 5.41) is 6.03. The SMILES string of the molecule is O=C(Nc1ccc2c(c1)C(N1CCN(C(=O)c3ccc4[nH]ccc4c3)CC1)c1ccccc1-2)c1cccs1. The van der Waals surface area contributed by atoms with Crippen LogP contribution in [0, 0.1) is 0 Å². The summed E-state index contributed by atoms with van der Waals surface area (Å²) in [7, 11) is 0. The molecule has 0 radical (unpaired) electrons. The molecule has 1 fully saturated rings. The molecule has 0 spiro atoms. The Kier molecular flexibility index (Phi) is 5.60. The summed E-state index contributed by atoms with van der Waals surface area (Å²) in [5.41, 5.74) is 7.49. The molecule has 1 aliphatic carbocycles. The van der Waals surface area contributed by atoms with Crippen LogP contribution >= 0.6 is 11.3 Å². The molecule has 0 saturated carbocycles. The molecule has 0 bridgehead atoms. The molecule has 7 heteroatoms. The summed E-state index contributed by atoms with van der Waals surface area (Å²) in [6.07, 6.45) is 1.90. The normalized spacial score (nSPS) is 16.8. The van der Waals surface area contributed by atoms with Crippen molar-refractivity contribution < 1.29 is 9.59 Å². The van der Waals surface area contributed by atoms with Gasteiger partial charge in [0.05, 0.1) is 10.9 Å². The molecule has 1 saturated heterocycles. The summed E-state index contributed by atoms with van der Waals surface area (Å²) in [6.45, 7) is 2.91. The number of fused-ring (bicyclic) bond motifs is 4. The number of aromatic amines is 1. The number of nitrogens with zero attached hydrogens (tertiary/aromatic N) is 2. The summed E-state index contributed by atoms with van der Waals surface area (Å²) in [6, 6.07) is 26.4. The van der Waals surface area contributed by atoms with Crippen LogP contribution in [0.3, 0.4) is 0 Å². The molecule has 2 amide bonds. The molecule has 38 heavy (non-hydrogen) atoms. The Morgan fingerprint density at radius 1 is 0.842 bits per heavy atom. The number of carbonyl (C=O) groups excluding carboxylic acids is 2. The van der Waals surface area contributed by atoms with Crippen LogP contribution < -0.4 is 5.32 Å². The van der Waals surface area contributed by atoms with Crippen LogP contribution in [-0.4, -0.2) is 52.8 Å². The number of hydrogen-bond donors (Lipinski definition) is 2. The van der Waals surface area contributed by atoms with E-state index in [1.807, 2.05) is 58.9 Å². The molecule has 2 aromatic heterocycles. The van der Waals surface area contributed by atoms with Gasteiger partial charge in [-0.15, -0.1) is 11.3 Å². The van der Waals surface area contributed by atoms with Gasteiger partial charge in [0.15, 0.2) is 0 Å². The van der Waals surface area contributed by atoms with Crippen LogP contribution in [0.1, 0.15) is 37.2 Å². The monoisotopic (exact) mass is 518 g/mol. The third kappa shape index (κ3) is 3.91. The average Bonchev–Trinajstić information content (AvgIpc) is 3.71. The molecule has 2 N–H and O–H groups in total. The molecule has 3 aromatic carbocycles. The van der Waals surface area contributed by atoms with Gasteiger partial charge in [0.1, 0.15) is 0 Å². The predicted octanol–water partition coefficient (Wildman–Crippen LogP) is 6.01. The number of amides is 2. The van der Waals surface area contributed by atoms with E-state index in [0.29, 0.717) is 18.0 Å². The Morgan fingerprint density at radius 2 is 1.68 bits per heavy atom. The summed E-state index contributed by atoms with van der Waals surface area (Å²) in [4.78, 5) is 34.3. The molecule has 1 atom stereocenters. The highest BCUT2D eigenvalue weighted by Gasteiger charge is 2.35. The molecule has 2 aliphatic rings. The number of benzene rings is 3. The Labute approximate surface area is 224 Å². The van der Waals surface area contributed by atoms with E-state index in [4.69, 9.17) is 0 Å². The number of anilines is 1. The highest BCUT2D eigenvalue weighted by atomic mass is 32.1. The zero-order chi connectivity index (χ0) is 25.6. The molecule has 188 valence electrons. The third-order valence-electron chi connectivity index (χ3n) is 7.66. The zero-order valence-corrected chi connectivity index (χ0v) is 21.5. The van der Waals surface area contributed by atoms with Crippen molar-refractivity contribution in [3.63, 3.8) is 0 Å². The molecule has 6 nitrogen and oxygen atoms in total. The average molecular weight is 519 g/mol. The Bertz CT molecular complexity index is 1660. The van der Waals surface area contributed by atoms with Gasteiger partial charge < -0.3 is 15.2 Å². The third-order valence-corrected chi connectivity index (χ3v) is 8.53. The van der Waals surface area contributed by atoms with Crippen molar-refractivity contribution in [3.05, 3.63) is 112 Å². The summed E-state index contributed by atoms with van der Waals surface area (Å²) in [5.74, 6) is -0.00416. The molecule has 5 aromatic rings. The maximum absolute atomic E-state index is 13.3. The van der Waals surface area contributed by atoms with Crippen LogP contribution in [0.2, 0.25) is 0 Å². The van der Waals surface area contributed by atoms with Gasteiger partial charge in [-0.25, -0.2) is 0 Å². The number of piperazine rings is 1. The first-order valence-electron chi connectivity index (χ1n) is 12.8. The lowest BCUT2D eigenvalue weighted by Crippen LogP contribution is -2.49. The second-order valence-electron chi connectivity index (χ2n) is 9.83. The minimum Gasteiger partial charge on any atom is -0.361 e. The lowest BCUT2D eigenvalue weighted by Gasteiger charge is -2.38. The number of thiophene rings is 1. The van der Waals surface area contributed by atoms with E-state index >= 15 is 0 Å². The summed E-state index contributed by atoms with van der Waals surface area (Å²) < 4.78 is 0. The smallest absolute Gasteiger partial charge is 0.265 e. The van der Waals surface area contributed by atoms with E-state index in [2.05, 4.69) is 51.6 Å². The number of nitrogens with one attached hydrogen (secondary N) is 2. The fourth-order valence-electron chi connectivity index (χ4n) is 5.81.